The van der Waals surface area contributed by atoms with Gasteiger partial charge in [-0.1, -0.05) is 0 Å². The third-order valence-electron chi connectivity index (χ3n) is 0.236. The molecule has 0 unspecified atom stereocenters. The molecule has 0 heterocycles. The fraction of sp³-hybridized carbons (Fsp3) is 0. The molecule has 0 aliphatic carbocycles. The Hall–Kier alpha value is -0.910. The van der Waals surface area contributed by atoms with Crippen molar-refractivity contribution in [1.82, 2.24) is 0 Å². The van der Waals surface area contributed by atoms with Crippen LogP contribution in [0.2, 0.25) is 0 Å². The highest BCUT2D eigenvalue weighted by atomic mass is 19.3. The summed E-state index contributed by atoms with van der Waals surface area (Å²) in [6, 6.07) is 0. The normalized spacial score (nSPS) is 6.14. The topological polar surface area (TPSA) is 0 Å². The molecule has 0 nitrogen and oxygen atoms in total. The van der Waals surface area contributed by atoms with Crippen molar-refractivity contribution in [1.29, 1.82) is 0 Å². The second-order valence-electron chi connectivity index (χ2n) is 0.673. The Morgan fingerprint density at radius 1 is 1.43 bits per heavy atom. The van der Waals surface area contributed by atoms with Gasteiger partial charge in [0.05, 0.1) is 6.08 Å². The lowest BCUT2D eigenvalue weighted by molar-refractivity contribution is 0.422. The van der Waals surface area contributed by atoms with Gasteiger partial charge in [-0.15, -0.1) is 4.39 Å². The summed E-state index contributed by atoms with van der Waals surface area (Å²) in [6.07, 6.45) is -0.994. The highest BCUT2D eigenvalue weighted by molar-refractivity contribution is 5.11. The first kappa shape index (κ1) is 6.09. The summed E-state index contributed by atoms with van der Waals surface area (Å²) >= 11 is 0. The lowest BCUT2D eigenvalue weighted by Crippen LogP contribution is -1.50. The van der Waals surface area contributed by atoms with Gasteiger partial charge in [-0.25, -0.2) is 0 Å². The molecule has 0 fully saturated rings. The van der Waals surface area contributed by atoms with Gasteiger partial charge in [0.25, 0.3) is 6.08 Å². The fourth-order valence-electron chi connectivity index (χ4n) is 0.0818. The monoisotopic (exact) mass is 106 g/mol. The maximum Gasteiger partial charge on any atom is 0.278 e. The maximum absolute atomic E-state index is 10.8. The zero-order valence-electron chi connectivity index (χ0n) is 3.21. The van der Waals surface area contributed by atoms with E-state index in [0.29, 0.717) is 0 Å². The summed E-state index contributed by atoms with van der Waals surface area (Å²) in [5.41, 5.74) is 0. The Kier molecular flexibility index (Phi) is 2.86. The molecule has 0 atom stereocenters. The predicted octanol–water partition coefficient (Wildman–Crippen LogP) is 1.70. The average Bonchev–Trinajstić information content (AvgIpc) is 1.61. The Balaban J connectivity index is 3.61. The standard InChI is InChI=1S/C4HF3/c5-3-1-2-4(6)7/h2H. The quantitative estimate of drug-likeness (QED) is 0.412. The van der Waals surface area contributed by atoms with E-state index in [-0.39, 0.29) is 6.08 Å². The van der Waals surface area contributed by atoms with Crippen molar-refractivity contribution in [3.05, 3.63) is 12.2 Å². The minimum Gasteiger partial charge on any atom is -0.173 e. The Labute approximate surface area is 38.6 Å². The van der Waals surface area contributed by atoms with E-state index in [4.69, 9.17) is 0 Å². The van der Waals surface area contributed by atoms with E-state index in [2.05, 4.69) is 0 Å². The zero-order chi connectivity index (χ0) is 5.70. The van der Waals surface area contributed by atoms with Crippen molar-refractivity contribution >= 4 is 0 Å². The van der Waals surface area contributed by atoms with Gasteiger partial charge in [0.1, 0.15) is 6.17 Å². The third kappa shape index (κ3) is 5.09. The molecule has 0 N–H and O–H groups in total. The first-order valence-electron chi connectivity index (χ1n) is 1.39. The molecule has 3 heteroatoms. The van der Waals surface area contributed by atoms with E-state index in [1.165, 1.54) is 5.92 Å². The molecule has 0 saturated heterocycles. The Bertz CT molecular complexity index is 122. The lowest BCUT2D eigenvalue weighted by atomic mass is 10.7. The van der Waals surface area contributed by atoms with E-state index < -0.39 is 6.08 Å². The Morgan fingerprint density at radius 3 is 2.14 bits per heavy atom. The molecule has 0 aromatic heterocycles. The van der Waals surface area contributed by atoms with Gasteiger partial charge in [-0.05, 0) is 5.92 Å². The SMILES string of the molecule is FC#CC=C(F)F. The molecule has 0 radical (unpaired) electrons. The molecule has 0 bridgehead atoms. The molecule has 0 spiro atoms. The number of hydrogen-bond donors (Lipinski definition) is 0. The second-order valence-corrected chi connectivity index (χ2v) is 0.673. The summed E-state index contributed by atoms with van der Waals surface area (Å²) in [7, 11) is 0. The molecule has 0 amide bonds. The van der Waals surface area contributed by atoms with Crippen LogP contribution in [0.4, 0.5) is 13.2 Å². The molecule has 0 aromatic rings. The maximum atomic E-state index is 10.8. The predicted molar refractivity (Wildman–Crippen MR) is 19.2 cm³/mol. The van der Waals surface area contributed by atoms with Crippen molar-refractivity contribution in [2.24, 2.45) is 0 Å². The van der Waals surface area contributed by atoms with Gasteiger partial charge in [0.15, 0.2) is 0 Å². The van der Waals surface area contributed by atoms with E-state index in [9.17, 15) is 13.2 Å². The average molecular weight is 106 g/mol. The van der Waals surface area contributed by atoms with Crippen LogP contribution in [0, 0.1) is 12.1 Å². The molecule has 0 aliphatic heterocycles. The van der Waals surface area contributed by atoms with Gasteiger partial charge < -0.3 is 0 Å². The van der Waals surface area contributed by atoms with Crippen molar-refractivity contribution in [2.45, 2.75) is 0 Å². The van der Waals surface area contributed by atoms with Crippen LogP contribution >= 0.6 is 0 Å². The molecule has 0 aromatic carbocycles. The van der Waals surface area contributed by atoms with Crippen LogP contribution < -0.4 is 0 Å². The highest BCUT2D eigenvalue weighted by Gasteiger charge is 1.78. The minimum absolute atomic E-state index is 0.194. The second kappa shape index (κ2) is 3.29. The van der Waals surface area contributed by atoms with Crippen molar-refractivity contribution in [3.63, 3.8) is 0 Å². The zero-order valence-corrected chi connectivity index (χ0v) is 3.21. The minimum atomic E-state index is -1.98. The molecule has 0 saturated carbocycles. The van der Waals surface area contributed by atoms with Crippen LogP contribution in [0.15, 0.2) is 12.2 Å². The van der Waals surface area contributed by atoms with Gasteiger partial charge in [-0.3, -0.25) is 0 Å². The number of halogens is 3. The largest absolute Gasteiger partial charge is 0.278 e. The van der Waals surface area contributed by atoms with E-state index >= 15 is 0 Å². The smallest absolute Gasteiger partial charge is 0.173 e. The molecule has 0 aliphatic rings. The molecular formula is C4HF3. The molecule has 7 heavy (non-hydrogen) atoms. The highest BCUT2D eigenvalue weighted by Crippen LogP contribution is 1.92. The van der Waals surface area contributed by atoms with E-state index in [1.54, 1.807) is 0 Å². The number of rotatable bonds is 0. The fourth-order valence-corrected chi connectivity index (χ4v) is 0.0818. The van der Waals surface area contributed by atoms with Gasteiger partial charge >= 0.3 is 0 Å². The Morgan fingerprint density at radius 2 is 2.00 bits per heavy atom. The van der Waals surface area contributed by atoms with Gasteiger partial charge in [0.2, 0.25) is 0 Å². The lowest BCUT2D eigenvalue weighted by Gasteiger charge is -1.63. The summed E-state index contributed by atoms with van der Waals surface area (Å²) in [5.74, 6) is 1.42. The van der Waals surface area contributed by atoms with Crippen molar-refractivity contribution in [2.75, 3.05) is 0 Å². The molecular weight excluding hydrogens is 105 g/mol. The molecule has 0 rings (SSSR count). The van der Waals surface area contributed by atoms with Crippen LogP contribution in [0.5, 0.6) is 0 Å². The first-order valence-corrected chi connectivity index (χ1v) is 1.39. The van der Waals surface area contributed by atoms with Gasteiger partial charge in [0, 0.05) is 0 Å². The van der Waals surface area contributed by atoms with Crippen molar-refractivity contribution in [3.8, 4) is 12.1 Å². The summed E-state index contributed by atoms with van der Waals surface area (Å²) in [5, 5.41) is 0. The first-order chi connectivity index (χ1) is 3.27. The van der Waals surface area contributed by atoms with E-state index in [0.717, 1.165) is 6.17 Å². The number of allylic oxidation sites excluding steroid dienone is 1. The summed E-state index contributed by atoms with van der Waals surface area (Å²) < 4.78 is 32.2. The molecule has 38 valence electrons. The van der Waals surface area contributed by atoms with Crippen LogP contribution in [0.3, 0.4) is 0 Å². The van der Waals surface area contributed by atoms with Crippen LogP contribution in [-0.4, -0.2) is 0 Å². The van der Waals surface area contributed by atoms with Crippen LogP contribution in [0.25, 0.3) is 0 Å². The van der Waals surface area contributed by atoms with Crippen molar-refractivity contribution < 1.29 is 13.2 Å². The number of hydrogen-bond acceptors (Lipinski definition) is 0. The summed E-state index contributed by atoms with van der Waals surface area (Å²) in [6.45, 7) is 0. The summed E-state index contributed by atoms with van der Waals surface area (Å²) in [4.78, 5) is 0. The van der Waals surface area contributed by atoms with Gasteiger partial charge in [-0.2, -0.15) is 8.78 Å². The van der Waals surface area contributed by atoms with Crippen LogP contribution in [0.1, 0.15) is 0 Å². The van der Waals surface area contributed by atoms with Crippen LogP contribution in [-0.2, 0) is 0 Å². The third-order valence-corrected chi connectivity index (χ3v) is 0.236. The van der Waals surface area contributed by atoms with E-state index in [1.807, 2.05) is 0 Å².